The molecule has 0 bridgehead atoms. The van der Waals surface area contributed by atoms with Gasteiger partial charge in [0, 0.05) is 28.2 Å². The molecule has 2 atom stereocenters. The molecule has 5 rings (SSSR count). The summed E-state index contributed by atoms with van der Waals surface area (Å²) in [6.07, 6.45) is -4.67. The van der Waals surface area contributed by atoms with Crippen molar-refractivity contribution in [3.8, 4) is 33.6 Å². The van der Waals surface area contributed by atoms with Crippen molar-refractivity contribution in [1.29, 1.82) is 0 Å². The van der Waals surface area contributed by atoms with Crippen molar-refractivity contribution in [2.45, 2.75) is 18.5 Å². The summed E-state index contributed by atoms with van der Waals surface area (Å²) in [4.78, 5) is 4.78. The van der Waals surface area contributed by atoms with Gasteiger partial charge in [0.15, 0.2) is 13.5 Å². The maximum atomic E-state index is 12.5. The predicted molar refractivity (Wildman–Crippen MR) is 114 cm³/mol. The molecule has 0 amide bonds. The van der Waals surface area contributed by atoms with Crippen LogP contribution in [-0.2, 0) is 6.42 Å². The van der Waals surface area contributed by atoms with Crippen LogP contribution in [0.2, 0.25) is 0 Å². The molecule has 0 saturated carbocycles. The third-order valence-electron chi connectivity index (χ3n) is 4.99. The normalized spacial score (nSPS) is 18.3. The summed E-state index contributed by atoms with van der Waals surface area (Å²) in [5.74, 6) is 0.0985. The number of halogens is 3. The summed E-state index contributed by atoms with van der Waals surface area (Å²) in [5, 5.41) is 11.3. The first kappa shape index (κ1) is 20.0. The van der Waals surface area contributed by atoms with Gasteiger partial charge >= 0.3 is 6.36 Å². The van der Waals surface area contributed by atoms with Crippen LogP contribution in [0.25, 0.3) is 32.8 Å². The summed E-state index contributed by atoms with van der Waals surface area (Å²) in [5.41, 5.74) is 2.75. The lowest BCUT2D eigenvalue weighted by molar-refractivity contribution is -0.274. The van der Waals surface area contributed by atoms with E-state index in [1.54, 1.807) is 0 Å². The molecule has 31 heavy (non-hydrogen) atoms. The first-order valence-corrected chi connectivity index (χ1v) is 10.4. The fraction of sp³-hybridized carbons (Fsp3) is 0.136. The average molecular weight is 439 g/mol. The van der Waals surface area contributed by atoms with Gasteiger partial charge in [-0.3, -0.25) is 0 Å². The fourth-order valence-corrected chi connectivity index (χ4v) is 5.07. The van der Waals surface area contributed by atoms with Gasteiger partial charge in [0.25, 0.3) is 0 Å². The predicted octanol–water partition coefficient (Wildman–Crippen LogP) is 5.25. The van der Waals surface area contributed by atoms with E-state index in [1.807, 2.05) is 36.4 Å². The lowest BCUT2D eigenvalue weighted by Crippen LogP contribution is -2.33. The Morgan fingerprint density at radius 3 is 2.45 bits per heavy atom. The zero-order valence-corrected chi connectivity index (χ0v) is 16.9. The van der Waals surface area contributed by atoms with Crippen LogP contribution in [0.1, 0.15) is 5.56 Å². The number of fused-ring (bicyclic) bond motifs is 3. The first-order valence-electron chi connectivity index (χ1n) is 9.36. The van der Waals surface area contributed by atoms with Crippen LogP contribution in [0, 0.1) is 0 Å². The van der Waals surface area contributed by atoms with Gasteiger partial charge in [-0.05, 0) is 23.8 Å². The standard InChI is InChI=1S/C22H14BF3NO3P/c23-21(28)11-16-18(30-21)15(12-6-8-14(9-7-12)29-22(24,25)26)10-17-19(16)31-20(27-17)13-4-2-1-3-5-13/h1-10,28,31H,11H2. The Balaban J connectivity index is 1.63. The molecule has 2 unspecified atom stereocenters. The van der Waals surface area contributed by atoms with E-state index in [9.17, 15) is 18.3 Å². The van der Waals surface area contributed by atoms with E-state index in [-0.39, 0.29) is 20.4 Å². The summed E-state index contributed by atoms with van der Waals surface area (Å²) in [6, 6.07) is 17.0. The van der Waals surface area contributed by atoms with Crippen LogP contribution in [-0.4, -0.2) is 30.0 Å². The minimum atomic E-state index is -4.76. The van der Waals surface area contributed by atoms with Crippen LogP contribution in [0.15, 0.2) is 60.7 Å². The second-order valence-corrected chi connectivity index (χ2v) is 8.50. The van der Waals surface area contributed by atoms with Crippen LogP contribution in [0.4, 0.5) is 13.2 Å². The molecule has 1 aromatic heterocycles. The number of ether oxygens (including phenoxy) is 2. The SMILES string of the molecule is [B]C1(O)Cc2c(c(-c3ccc(OC(F)(F)F)cc3)cc3nc(-c4ccccc4)[pH]c23)O1. The number of nitrogens with zero attached hydrogens (tertiary/aromatic N) is 1. The summed E-state index contributed by atoms with van der Waals surface area (Å²) < 4.78 is 47.0. The second-order valence-electron chi connectivity index (χ2n) is 7.27. The fourth-order valence-electron chi connectivity index (χ4n) is 3.73. The molecule has 1 aliphatic rings. The third kappa shape index (κ3) is 3.89. The monoisotopic (exact) mass is 439 g/mol. The van der Waals surface area contributed by atoms with Crippen molar-refractivity contribution in [2.24, 2.45) is 0 Å². The molecule has 9 heteroatoms. The lowest BCUT2D eigenvalue weighted by atomic mass is 9.90. The lowest BCUT2D eigenvalue weighted by Gasteiger charge is -2.17. The Hall–Kier alpha value is -2.96. The molecule has 2 radical (unpaired) electrons. The molecule has 4 aromatic rings. The Morgan fingerprint density at radius 2 is 1.77 bits per heavy atom. The van der Waals surface area contributed by atoms with Gasteiger partial charge in [-0.2, -0.15) is 0 Å². The smallest absolute Gasteiger partial charge is 0.471 e. The molecule has 4 nitrogen and oxygen atoms in total. The second kappa shape index (κ2) is 7.04. The maximum Gasteiger partial charge on any atom is 0.573 e. The number of rotatable bonds is 3. The highest BCUT2D eigenvalue weighted by Crippen LogP contribution is 2.49. The molecule has 0 fully saturated rings. The van der Waals surface area contributed by atoms with Crippen molar-refractivity contribution in [1.82, 2.24) is 4.98 Å². The van der Waals surface area contributed by atoms with Crippen LogP contribution < -0.4 is 9.47 Å². The van der Waals surface area contributed by atoms with E-state index in [1.165, 1.54) is 24.3 Å². The summed E-state index contributed by atoms with van der Waals surface area (Å²) in [6.45, 7) is 0. The van der Waals surface area contributed by atoms with Gasteiger partial charge in [-0.1, -0.05) is 42.5 Å². The molecular formula is C22H14BF3NO3P. The van der Waals surface area contributed by atoms with Crippen LogP contribution in [0.3, 0.4) is 0 Å². The largest absolute Gasteiger partial charge is 0.573 e. The highest BCUT2D eigenvalue weighted by molar-refractivity contribution is 7.40. The topological polar surface area (TPSA) is 51.6 Å². The van der Waals surface area contributed by atoms with Gasteiger partial charge in [0.1, 0.15) is 11.5 Å². The van der Waals surface area contributed by atoms with E-state index < -0.39 is 12.0 Å². The molecule has 0 spiro atoms. The highest BCUT2D eigenvalue weighted by Gasteiger charge is 2.36. The molecule has 3 aromatic carbocycles. The van der Waals surface area contributed by atoms with E-state index >= 15 is 0 Å². The van der Waals surface area contributed by atoms with Gasteiger partial charge < -0.3 is 14.6 Å². The molecule has 2 heterocycles. The number of alkyl halides is 3. The maximum absolute atomic E-state index is 12.5. The van der Waals surface area contributed by atoms with Gasteiger partial charge in [-0.15, -0.1) is 21.4 Å². The third-order valence-corrected chi connectivity index (χ3v) is 6.43. The number of hydrogen-bond donors (Lipinski definition) is 1. The minimum Gasteiger partial charge on any atom is -0.471 e. The zero-order chi connectivity index (χ0) is 21.8. The number of aromatic nitrogens is 1. The Morgan fingerprint density at radius 1 is 1.06 bits per heavy atom. The van der Waals surface area contributed by atoms with Crippen molar-refractivity contribution in [3.05, 3.63) is 66.2 Å². The van der Waals surface area contributed by atoms with Crippen molar-refractivity contribution in [3.63, 3.8) is 0 Å². The number of aliphatic hydroxyl groups is 1. The number of hydrogen-bond acceptors (Lipinski definition) is 4. The molecule has 1 aliphatic heterocycles. The van der Waals surface area contributed by atoms with Crippen molar-refractivity contribution >= 4 is 26.7 Å². The van der Waals surface area contributed by atoms with Crippen LogP contribution >= 0.6 is 8.19 Å². The zero-order valence-electron chi connectivity index (χ0n) is 15.9. The summed E-state index contributed by atoms with van der Waals surface area (Å²) >= 11 is 0. The van der Waals surface area contributed by atoms with Crippen molar-refractivity contribution < 1.29 is 27.8 Å². The van der Waals surface area contributed by atoms with E-state index in [4.69, 9.17) is 17.6 Å². The van der Waals surface area contributed by atoms with E-state index in [0.29, 0.717) is 16.9 Å². The molecular weight excluding hydrogens is 425 g/mol. The van der Waals surface area contributed by atoms with Gasteiger partial charge in [-0.25, -0.2) is 4.98 Å². The average Bonchev–Trinajstić information content (AvgIpc) is 3.27. The molecule has 0 saturated heterocycles. The van der Waals surface area contributed by atoms with E-state index in [2.05, 4.69) is 4.74 Å². The molecule has 154 valence electrons. The summed E-state index contributed by atoms with van der Waals surface area (Å²) in [7, 11) is 6.13. The Kier molecular flexibility index (Phi) is 4.54. The molecule has 0 aliphatic carbocycles. The van der Waals surface area contributed by atoms with Gasteiger partial charge in [0.05, 0.1) is 10.9 Å². The minimum absolute atomic E-state index is 0.0956. The Labute approximate surface area is 178 Å². The van der Waals surface area contributed by atoms with Gasteiger partial charge in [0.2, 0.25) is 0 Å². The van der Waals surface area contributed by atoms with Crippen LogP contribution in [0.5, 0.6) is 11.5 Å². The quantitative estimate of drug-likeness (QED) is 0.444. The van der Waals surface area contributed by atoms with E-state index in [0.717, 1.165) is 27.2 Å². The highest BCUT2D eigenvalue weighted by atomic mass is 31.0. The van der Waals surface area contributed by atoms with Crippen molar-refractivity contribution in [2.75, 3.05) is 0 Å². The Bertz CT molecular complexity index is 1270. The first-order chi connectivity index (χ1) is 14.7. The number of benzene rings is 3. The molecule has 1 N–H and O–H groups in total.